The minimum Gasteiger partial charge on any atom is -0.339 e. The quantitative estimate of drug-likeness (QED) is 0.446. The van der Waals surface area contributed by atoms with Crippen molar-refractivity contribution in [2.75, 3.05) is 5.32 Å². The molecule has 1 N–H and O–H groups in total. The number of carbonyl (C=O) groups excluding carboxylic acids is 1. The molecule has 0 saturated heterocycles. The van der Waals surface area contributed by atoms with Crippen LogP contribution in [0.2, 0.25) is 0 Å². The van der Waals surface area contributed by atoms with Crippen LogP contribution in [0.25, 0.3) is 27.3 Å². The zero-order valence-corrected chi connectivity index (χ0v) is 17.1. The summed E-state index contributed by atoms with van der Waals surface area (Å²) in [6, 6.07) is 19.2. The number of rotatable bonds is 4. The highest BCUT2D eigenvalue weighted by Gasteiger charge is 2.19. The number of fused-ring (bicyclic) bond motifs is 1. The summed E-state index contributed by atoms with van der Waals surface area (Å²) >= 11 is 1.41. The van der Waals surface area contributed by atoms with Crippen molar-refractivity contribution in [3.05, 3.63) is 77.1 Å². The number of aryl methyl sites for hydroxylation is 2. The highest BCUT2D eigenvalue weighted by Crippen LogP contribution is 2.32. The molecule has 0 aliphatic rings. The lowest BCUT2D eigenvalue weighted by Gasteiger charge is -2.07. The molecule has 5 aromatic rings. The van der Waals surface area contributed by atoms with E-state index in [0.29, 0.717) is 27.8 Å². The third-order valence-electron chi connectivity index (χ3n) is 4.71. The molecule has 148 valence electrons. The van der Waals surface area contributed by atoms with Gasteiger partial charge in [0.25, 0.3) is 5.91 Å². The van der Waals surface area contributed by atoms with Crippen LogP contribution in [0.1, 0.15) is 21.3 Å². The Balaban J connectivity index is 1.50. The zero-order chi connectivity index (χ0) is 20.7. The monoisotopic (exact) mass is 415 g/mol. The third-order valence-corrected chi connectivity index (χ3v) is 5.82. The third kappa shape index (κ3) is 3.17. The number of benzene rings is 2. The van der Waals surface area contributed by atoms with Crippen LogP contribution < -0.4 is 5.32 Å². The lowest BCUT2D eigenvalue weighted by molar-refractivity contribution is 0.103. The molecule has 0 spiro atoms. The summed E-state index contributed by atoms with van der Waals surface area (Å²) < 4.78 is 6.96. The molecule has 30 heavy (non-hydrogen) atoms. The van der Waals surface area contributed by atoms with Gasteiger partial charge in [-0.2, -0.15) is 10.1 Å². The molecule has 3 heterocycles. The number of nitrogens with one attached hydrogen (secondary N) is 1. The van der Waals surface area contributed by atoms with Crippen LogP contribution >= 0.6 is 11.3 Å². The average Bonchev–Trinajstić information content (AvgIpc) is 3.46. The molecule has 5 rings (SSSR count). The number of para-hydroxylation sites is 2. The van der Waals surface area contributed by atoms with Gasteiger partial charge in [0.1, 0.15) is 4.83 Å². The second-order valence-corrected chi connectivity index (χ2v) is 7.83. The largest absolute Gasteiger partial charge is 0.339 e. The van der Waals surface area contributed by atoms with Crippen molar-refractivity contribution in [1.82, 2.24) is 19.9 Å². The number of anilines is 1. The maximum atomic E-state index is 13.0. The predicted octanol–water partition coefficient (Wildman–Crippen LogP) is 5.01. The molecule has 7 nitrogen and oxygen atoms in total. The van der Waals surface area contributed by atoms with Crippen molar-refractivity contribution in [1.29, 1.82) is 0 Å². The molecule has 3 aromatic heterocycles. The van der Waals surface area contributed by atoms with Crippen molar-refractivity contribution in [2.45, 2.75) is 13.8 Å². The molecule has 2 aromatic carbocycles. The highest BCUT2D eigenvalue weighted by molar-refractivity contribution is 7.20. The van der Waals surface area contributed by atoms with Gasteiger partial charge in [-0.25, -0.2) is 4.68 Å². The lowest BCUT2D eigenvalue weighted by atomic mass is 10.1. The Morgan fingerprint density at radius 2 is 1.83 bits per heavy atom. The number of nitrogens with zero attached hydrogens (tertiary/aromatic N) is 4. The van der Waals surface area contributed by atoms with Crippen molar-refractivity contribution in [3.8, 4) is 17.1 Å². The smallest absolute Gasteiger partial charge is 0.265 e. The van der Waals surface area contributed by atoms with Crippen LogP contribution in [0.4, 0.5) is 5.69 Å². The molecule has 0 bridgehead atoms. The van der Waals surface area contributed by atoms with Crippen molar-refractivity contribution in [2.24, 2.45) is 0 Å². The summed E-state index contributed by atoms with van der Waals surface area (Å²) in [7, 11) is 0. The topological polar surface area (TPSA) is 85.8 Å². The Bertz CT molecular complexity index is 1370. The first-order valence-corrected chi connectivity index (χ1v) is 10.2. The zero-order valence-electron chi connectivity index (χ0n) is 16.3. The van der Waals surface area contributed by atoms with E-state index in [0.717, 1.165) is 21.6 Å². The fraction of sp³-hybridized carbons (Fsp3) is 0.0909. The number of thiophene rings is 1. The van der Waals surface area contributed by atoms with Crippen LogP contribution in [0.3, 0.4) is 0 Å². The highest BCUT2D eigenvalue weighted by atomic mass is 32.1. The fourth-order valence-electron chi connectivity index (χ4n) is 3.28. The standard InChI is InChI=1S/C22H17N5O2S/c1-13-17-12-19(30-22(17)27(25-13)15-8-4-3-5-9-15)21(28)24-18-11-7-6-10-16(18)20-23-14(2)29-26-20/h3-12H,1-2H3,(H,24,28). The number of hydrogen-bond donors (Lipinski definition) is 1. The van der Waals surface area contributed by atoms with E-state index < -0.39 is 0 Å². The molecular formula is C22H17N5O2S. The van der Waals surface area contributed by atoms with E-state index in [4.69, 9.17) is 4.52 Å². The molecule has 0 saturated carbocycles. The first-order valence-electron chi connectivity index (χ1n) is 9.36. The van der Waals surface area contributed by atoms with Gasteiger partial charge in [0.05, 0.1) is 21.9 Å². The van der Waals surface area contributed by atoms with Gasteiger partial charge < -0.3 is 9.84 Å². The normalized spacial score (nSPS) is 11.1. The average molecular weight is 415 g/mol. The Hall–Kier alpha value is -3.78. The fourth-order valence-corrected chi connectivity index (χ4v) is 4.36. The Morgan fingerprint density at radius 3 is 2.60 bits per heavy atom. The Kier molecular flexibility index (Phi) is 4.40. The number of aromatic nitrogens is 4. The van der Waals surface area contributed by atoms with E-state index in [2.05, 4.69) is 20.6 Å². The lowest BCUT2D eigenvalue weighted by Crippen LogP contribution is -2.11. The van der Waals surface area contributed by atoms with Gasteiger partial charge in [0.15, 0.2) is 0 Å². The van der Waals surface area contributed by atoms with E-state index in [1.807, 2.05) is 72.3 Å². The van der Waals surface area contributed by atoms with Gasteiger partial charge in [-0.05, 0) is 37.3 Å². The Labute approximate surface area is 176 Å². The number of amides is 1. The minimum absolute atomic E-state index is 0.192. The summed E-state index contributed by atoms with van der Waals surface area (Å²) in [5, 5.41) is 12.5. The molecular weight excluding hydrogens is 398 g/mol. The molecule has 0 aliphatic heterocycles. The molecule has 0 atom stereocenters. The SMILES string of the molecule is Cc1nc(-c2ccccc2NC(=O)c2cc3c(C)nn(-c4ccccc4)c3s2)no1. The second-order valence-electron chi connectivity index (χ2n) is 6.80. The van der Waals surface area contributed by atoms with Gasteiger partial charge in [0, 0.05) is 17.9 Å². The molecule has 0 unspecified atom stereocenters. The van der Waals surface area contributed by atoms with E-state index >= 15 is 0 Å². The van der Waals surface area contributed by atoms with Gasteiger partial charge in [-0.3, -0.25) is 4.79 Å². The summed E-state index contributed by atoms with van der Waals surface area (Å²) in [6.45, 7) is 3.68. The predicted molar refractivity (Wildman–Crippen MR) is 116 cm³/mol. The first-order chi connectivity index (χ1) is 14.6. The molecule has 0 fully saturated rings. The number of carbonyl (C=O) groups is 1. The first kappa shape index (κ1) is 18.3. The van der Waals surface area contributed by atoms with Crippen molar-refractivity contribution in [3.63, 3.8) is 0 Å². The van der Waals surface area contributed by atoms with Crippen molar-refractivity contribution >= 4 is 33.1 Å². The van der Waals surface area contributed by atoms with E-state index in [1.165, 1.54) is 11.3 Å². The summed E-state index contributed by atoms with van der Waals surface area (Å²) in [5.41, 5.74) is 3.17. The van der Waals surface area contributed by atoms with Crippen LogP contribution in [0.5, 0.6) is 0 Å². The Morgan fingerprint density at radius 1 is 1.07 bits per heavy atom. The van der Waals surface area contributed by atoms with Crippen LogP contribution in [0.15, 0.2) is 65.2 Å². The molecule has 0 aliphatic carbocycles. The number of hydrogen-bond acceptors (Lipinski definition) is 6. The van der Waals surface area contributed by atoms with Crippen molar-refractivity contribution < 1.29 is 9.32 Å². The summed E-state index contributed by atoms with van der Waals surface area (Å²) in [6.07, 6.45) is 0. The van der Waals surface area contributed by atoms with Crippen LogP contribution in [0, 0.1) is 13.8 Å². The van der Waals surface area contributed by atoms with E-state index in [9.17, 15) is 4.79 Å². The summed E-state index contributed by atoms with van der Waals surface area (Å²) in [5.74, 6) is 0.717. The van der Waals surface area contributed by atoms with Gasteiger partial charge in [-0.15, -0.1) is 11.3 Å². The maximum Gasteiger partial charge on any atom is 0.265 e. The second kappa shape index (κ2) is 7.23. The maximum absolute atomic E-state index is 13.0. The van der Waals surface area contributed by atoms with E-state index in [-0.39, 0.29) is 5.91 Å². The van der Waals surface area contributed by atoms with E-state index in [1.54, 1.807) is 6.92 Å². The van der Waals surface area contributed by atoms with Gasteiger partial charge >= 0.3 is 0 Å². The van der Waals surface area contributed by atoms with Gasteiger partial charge in [-0.1, -0.05) is 35.5 Å². The summed E-state index contributed by atoms with van der Waals surface area (Å²) in [4.78, 5) is 18.8. The van der Waals surface area contributed by atoms with Gasteiger partial charge in [0.2, 0.25) is 11.7 Å². The molecule has 1 amide bonds. The molecule has 8 heteroatoms. The molecule has 0 radical (unpaired) electrons. The van der Waals surface area contributed by atoms with Crippen LogP contribution in [-0.2, 0) is 0 Å². The van der Waals surface area contributed by atoms with Crippen LogP contribution in [-0.4, -0.2) is 25.8 Å². The minimum atomic E-state index is -0.192.